The van der Waals surface area contributed by atoms with Gasteiger partial charge in [-0.25, -0.2) is 0 Å². The van der Waals surface area contributed by atoms with Crippen molar-refractivity contribution in [3.05, 3.63) is 108 Å². The first-order valence-electron chi connectivity index (χ1n) is 17.4. The smallest absolute Gasteiger partial charge is 0.294 e. The third-order valence-corrected chi connectivity index (χ3v) is 8.29. The lowest BCUT2D eigenvalue weighted by atomic mass is 10.0. The maximum atomic E-state index is 10.9. The quantitative estimate of drug-likeness (QED) is 0.0596. The number of hydrogen-bond donors (Lipinski definition) is 10. The molecule has 55 heavy (non-hydrogen) atoms. The van der Waals surface area contributed by atoms with Crippen LogP contribution in [0.25, 0.3) is 21.5 Å². The molecule has 0 radical (unpaired) electrons. The van der Waals surface area contributed by atoms with Crippen molar-refractivity contribution in [1.82, 2.24) is 0 Å². The molecular weight excluding hydrogens is 729 g/mol. The van der Waals surface area contributed by atoms with E-state index in [9.17, 15) is 23.7 Å². The minimum atomic E-state index is -4.26. The van der Waals surface area contributed by atoms with Gasteiger partial charge in [-0.2, -0.15) is 8.42 Å². The predicted octanol–water partition coefficient (Wildman–Crippen LogP) is 9.95. The summed E-state index contributed by atoms with van der Waals surface area (Å²) in [5.41, 5.74) is 2.06. The van der Waals surface area contributed by atoms with E-state index in [0.29, 0.717) is 33.4 Å². The lowest BCUT2D eigenvalue weighted by molar-refractivity contribution is 0.403. The van der Waals surface area contributed by atoms with Crippen LogP contribution in [-0.2, 0) is 10.1 Å². The Balaban J connectivity index is 0.000000359. The zero-order valence-electron chi connectivity index (χ0n) is 32.1. The van der Waals surface area contributed by atoms with Crippen molar-refractivity contribution in [3.63, 3.8) is 0 Å². The second-order valence-corrected chi connectivity index (χ2v) is 13.4. The van der Waals surface area contributed by atoms with Crippen LogP contribution >= 0.6 is 0 Å². The molecule has 12 nitrogen and oxygen atoms in total. The van der Waals surface area contributed by atoms with E-state index in [2.05, 4.69) is 0 Å². The Morgan fingerprint density at radius 3 is 1.27 bits per heavy atom. The normalized spacial score (nSPS) is 10.3. The lowest BCUT2D eigenvalue weighted by Crippen LogP contribution is -1.97. The largest absolute Gasteiger partial charge is 0.508 e. The van der Waals surface area contributed by atoms with Gasteiger partial charge < -0.3 is 46.0 Å². The third-order valence-electron chi connectivity index (χ3n) is 7.44. The minimum Gasteiger partial charge on any atom is -0.508 e. The zero-order valence-corrected chi connectivity index (χ0v) is 32.9. The van der Waals surface area contributed by atoms with Gasteiger partial charge in [0.25, 0.3) is 10.1 Å². The second kappa shape index (κ2) is 21.6. The molecule has 0 saturated heterocycles. The predicted molar refractivity (Wildman–Crippen MR) is 216 cm³/mol. The number of rotatable bonds is 3. The van der Waals surface area contributed by atoms with E-state index in [4.69, 9.17) is 35.2 Å². The van der Waals surface area contributed by atoms with E-state index in [0.717, 1.165) is 11.1 Å². The molecule has 0 bridgehead atoms. The fourth-order valence-electron chi connectivity index (χ4n) is 4.52. The van der Waals surface area contributed by atoms with Gasteiger partial charge in [-0.1, -0.05) is 79.7 Å². The average Bonchev–Trinajstić information content (AvgIpc) is 3.13. The molecule has 0 fully saturated rings. The summed E-state index contributed by atoms with van der Waals surface area (Å²) in [5, 5.41) is 84.5. The van der Waals surface area contributed by atoms with Crippen LogP contribution < -0.4 is 0 Å². The summed E-state index contributed by atoms with van der Waals surface area (Å²) in [7, 11) is -4.26. The minimum absolute atomic E-state index is 0.00990. The highest BCUT2D eigenvalue weighted by Gasteiger charge is 2.11. The van der Waals surface area contributed by atoms with Crippen LogP contribution in [0.15, 0.2) is 102 Å². The Kier molecular flexibility index (Phi) is 18.4. The number of phenolic OH excluding ortho intramolecular Hbond substituents is 9. The van der Waals surface area contributed by atoms with Crippen molar-refractivity contribution in [1.29, 1.82) is 0 Å². The zero-order chi connectivity index (χ0) is 42.2. The molecule has 0 amide bonds. The van der Waals surface area contributed by atoms with Crippen LogP contribution in [-0.4, -0.2) is 58.9 Å². The lowest BCUT2D eigenvalue weighted by Gasteiger charge is -2.05. The van der Waals surface area contributed by atoms with Gasteiger partial charge in [0, 0.05) is 11.5 Å². The van der Waals surface area contributed by atoms with Gasteiger partial charge in [0.05, 0.1) is 4.90 Å². The van der Waals surface area contributed by atoms with Gasteiger partial charge >= 0.3 is 0 Å². The van der Waals surface area contributed by atoms with Gasteiger partial charge in [-0.05, 0) is 106 Å². The Hall–Kier alpha value is -6.05. The van der Waals surface area contributed by atoms with Crippen molar-refractivity contribution >= 4 is 31.7 Å². The van der Waals surface area contributed by atoms with Crippen LogP contribution in [0, 0.1) is 0 Å². The SMILES string of the molecule is CC.CC.CC(C)c1ccc(O)c(O)c1.CC(C)c1ccc(O)c(O)c1.O=S(=O)(O)c1ccc2cc(O)c(O)cc2c1.Oc1cc(O)c2cc(O)ccc2c1. The van der Waals surface area contributed by atoms with Gasteiger partial charge in [-0.3, -0.25) is 4.55 Å². The van der Waals surface area contributed by atoms with Crippen molar-refractivity contribution in [2.45, 2.75) is 72.1 Å². The van der Waals surface area contributed by atoms with Gasteiger partial charge in [0.15, 0.2) is 34.5 Å². The van der Waals surface area contributed by atoms with Crippen molar-refractivity contribution in [3.8, 4) is 51.7 Å². The van der Waals surface area contributed by atoms with E-state index < -0.39 is 10.1 Å². The molecular formula is C42H52O12S. The van der Waals surface area contributed by atoms with E-state index in [1.165, 1.54) is 66.7 Å². The molecule has 298 valence electrons. The Morgan fingerprint density at radius 2 is 0.836 bits per heavy atom. The highest BCUT2D eigenvalue weighted by molar-refractivity contribution is 7.85. The highest BCUT2D eigenvalue weighted by Crippen LogP contribution is 2.33. The molecule has 6 aromatic rings. The summed E-state index contributed by atoms with van der Waals surface area (Å²) in [6.07, 6.45) is 0. The molecule has 10 N–H and O–H groups in total. The molecule has 6 rings (SSSR count). The highest BCUT2D eigenvalue weighted by atomic mass is 32.2. The first-order chi connectivity index (χ1) is 25.8. The standard InChI is InChI=1S/C10H8O5S.C10H8O3.2C9H12O2.2C2H6/c11-9-4-6-1-2-8(16(13,14)15)3-7(6)5-10(9)12;11-7-2-1-6-3-8(12)5-10(13)9(6)4-7;2*1-6(2)7-3-4-8(10)9(11)5-7;2*1-2/h1-5,11-12H,(H,13,14,15);1-5,11-13H;2*3-6,10-11H,1-2H3;2*1-2H3. The number of phenols is 9. The maximum Gasteiger partial charge on any atom is 0.294 e. The molecule has 0 aromatic heterocycles. The summed E-state index contributed by atoms with van der Waals surface area (Å²) in [4.78, 5) is -0.259. The Bertz CT molecular complexity index is 2190. The first-order valence-corrected chi connectivity index (χ1v) is 18.8. The summed E-state index contributed by atoms with van der Waals surface area (Å²) < 4.78 is 30.6. The van der Waals surface area contributed by atoms with Gasteiger partial charge in [0.1, 0.15) is 17.2 Å². The summed E-state index contributed by atoms with van der Waals surface area (Å²) >= 11 is 0. The molecule has 0 aliphatic heterocycles. The van der Waals surface area contributed by atoms with Crippen LogP contribution in [0.5, 0.6) is 51.7 Å². The summed E-state index contributed by atoms with van der Waals surface area (Å²) in [6.45, 7) is 16.1. The molecule has 0 spiro atoms. The van der Waals surface area contributed by atoms with Gasteiger partial charge in [0.2, 0.25) is 0 Å². The van der Waals surface area contributed by atoms with E-state index in [1.54, 1.807) is 30.3 Å². The van der Waals surface area contributed by atoms with E-state index in [-0.39, 0.29) is 56.6 Å². The fourth-order valence-corrected chi connectivity index (χ4v) is 5.04. The van der Waals surface area contributed by atoms with Crippen molar-refractivity contribution in [2.24, 2.45) is 0 Å². The molecule has 6 aromatic carbocycles. The molecule has 0 aliphatic carbocycles. The molecule has 13 heteroatoms. The third kappa shape index (κ3) is 14.4. The van der Waals surface area contributed by atoms with Crippen molar-refractivity contribution in [2.75, 3.05) is 0 Å². The molecule has 0 unspecified atom stereocenters. The molecule has 0 heterocycles. The topological polar surface area (TPSA) is 236 Å². The first kappa shape index (κ1) is 47.0. The molecule has 0 aliphatic rings. The van der Waals surface area contributed by atoms with E-state index in [1.807, 2.05) is 55.4 Å². The average molecular weight is 781 g/mol. The Labute approximate surface area is 321 Å². The van der Waals surface area contributed by atoms with E-state index >= 15 is 0 Å². The van der Waals surface area contributed by atoms with Crippen LogP contribution in [0.1, 0.15) is 78.4 Å². The van der Waals surface area contributed by atoms with Gasteiger partial charge in [-0.15, -0.1) is 0 Å². The van der Waals surface area contributed by atoms with Crippen LogP contribution in [0.3, 0.4) is 0 Å². The number of hydrogen-bond acceptors (Lipinski definition) is 11. The molecule has 0 atom stereocenters. The summed E-state index contributed by atoms with van der Waals surface area (Å²) in [5.74, 6) is -0.0265. The number of aromatic hydroxyl groups is 9. The van der Waals surface area contributed by atoms with Crippen LogP contribution in [0.4, 0.5) is 0 Å². The van der Waals surface area contributed by atoms with Crippen LogP contribution in [0.2, 0.25) is 0 Å². The maximum absolute atomic E-state index is 10.9. The fraction of sp³-hybridized carbons (Fsp3) is 0.238. The summed E-state index contributed by atoms with van der Waals surface area (Å²) in [6, 6.07) is 23.5. The number of fused-ring (bicyclic) bond motifs is 2. The van der Waals surface area contributed by atoms with Crippen molar-refractivity contribution < 1.29 is 58.9 Å². The number of benzene rings is 6. The molecule has 0 saturated carbocycles. The monoisotopic (exact) mass is 780 g/mol. The Morgan fingerprint density at radius 1 is 0.400 bits per heavy atom. The second-order valence-electron chi connectivity index (χ2n) is 12.0.